The van der Waals surface area contributed by atoms with Crippen molar-refractivity contribution in [2.24, 2.45) is 4.99 Å². The predicted octanol–water partition coefficient (Wildman–Crippen LogP) is 4.20. The van der Waals surface area contributed by atoms with Crippen molar-refractivity contribution in [3.05, 3.63) is 102 Å². The van der Waals surface area contributed by atoms with Crippen LogP contribution in [0.25, 0.3) is 5.69 Å². The summed E-state index contributed by atoms with van der Waals surface area (Å²) in [6.07, 6.45) is 5.72. The Morgan fingerprint density at radius 3 is 2.55 bits per heavy atom. The van der Waals surface area contributed by atoms with Crippen molar-refractivity contribution in [1.29, 1.82) is 0 Å². The first kappa shape index (κ1) is 17.1. The monoisotopic (exact) mass is 379 g/mol. The van der Waals surface area contributed by atoms with Crippen LogP contribution in [0.1, 0.15) is 21.6 Å². The van der Waals surface area contributed by atoms with Gasteiger partial charge in [0.15, 0.2) is 0 Å². The number of nitrogens with one attached hydrogen (secondary N) is 1. The fraction of sp³-hybridized carbons (Fsp3) is 0.0435. The minimum Gasteiger partial charge on any atom is -0.322 e. The van der Waals surface area contributed by atoms with Gasteiger partial charge in [-0.15, -0.1) is 0 Å². The van der Waals surface area contributed by atoms with Gasteiger partial charge in [-0.05, 0) is 42.0 Å². The Kier molecular flexibility index (Phi) is 4.22. The molecule has 1 N–H and O–H groups in total. The number of benzene rings is 2. The molecule has 2 aromatic heterocycles. The molecule has 29 heavy (non-hydrogen) atoms. The minimum atomic E-state index is -0.186. The van der Waals surface area contributed by atoms with Crippen molar-refractivity contribution in [2.45, 2.75) is 6.42 Å². The number of amides is 1. The lowest BCUT2D eigenvalue weighted by atomic mass is 10.0. The largest absolute Gasteiger partial charge is 0.322 e. The molecule has 0 bridgehead atoms. The highest BCUT2D eigenvalue weighted by molar-refractivity contribution is 6.12. The van der Waals surface area contributed by atoms with Crippen LogP contribution in [0.3, 0.4) is 0 Å². The van der Waals surface area contributed by atoms with Crippen molar-refractivity contribution in [2.75, 3.05) is 5.32 Å². The maximum atomic E-state index is 12.8. The summed E-state index contributed by atoms with van der Waals surface area (Å²) >= 11 is 0. The van der Waals surface area contributed by atoms with E-state index < -0.39 is 0 Å². The van der Waals surface area contributed by atoms with Gasteiger partial charge >= 0.3 is 0 Å². The van der Waals surface area contributed by atoms with Crippen LogP contribution >= 0.6 is 0 Å². The minimum absolute atomic E-state index is 0.186. The zero-order valence-corrected chi connectivity index (χ0v) is 15.5. The molecule has 6 heteroatoms. The van der Waals surface area contributed by atoms with E-state index >= 15 is 0 Å². The molecular formula is C23H17N5O. The Hall–Kier alpha value is -4.06. The number of para-hydroxylation sites is 2. The maximum Gasteiger partial charge on any atom is 0.257 e. The van der Waals surface area contributed by atoms with Crippen LogP contribution in [0.2, 0.25) is 0 Å². The molecule has 0 aliphatic carbocycles. The highest BCUT2D eigenvalue weighted by Crippen LogP contribution is 2.33. The lowest BCUT2D eigenvalue weighted by Crippen LogP contribution is -2.12. The zero-order chi connectivity index (χ0) is 19.6. The van der Waals surface area contributed by atoms with Crippen molar-refractivity contribution in [3.63, 3.8) is 0 Å². The van der Waals surface area contributed by atoms with Crippen molar-refractivity contribution in [1.82, 2.24) is 14.8 Å². The molecule has 140 valence electrons. The third kappa shape index (κ3) is 3.21. The van der Waals surface area contributed by atoms with Crippen LogP contribution in [-0.2, 0) is 6.42 Å². The molecule has 5 rings (SSSR count). The molecule has 1 aliphatic heterocycles. The first-order valence-corrected chi connectivity index (χ1v) is 9.30. The van der Waals surface area contributed by atoms with Crippen molar-refractivity contribution < 1.29 is 4.79 Å². The van der Waals surface area contributed by atoms with E-state index in [0.29, 0.717) is 17.7 Å². The van der Waals surface area contributed by atoms with E-state index in [1.165, 1.54) is 0 Å². The average molecular weight is 379 g/mol. The number of carbonyl (C=O) groups excluding carboxylic acids is 1. The fourth-order valence-corrected chi connectivity index (χ4v) is 3.48. The van der Waals surface area contributed by atoms with E-state index in [2.05, 4.69) is 15.4 Å². The van der Waals surface area contributed by atoms with E-state index in [1.807, 2.05) is 53.2 Å². The normalized spacial score (nSPS) is 12.3. The van der Waals surface area contributed by atoms with Gasteiger partial charge in [-0.25, -0.2) is 9.67 Å². The number of anilines is 1. The number of hydrogen-bond donors (Lipinski definition) is 1. The van der Waals surface area contributed by atoms with E-state index in [-0.39, 0.29) is 5.91 Å². The Labute approximate surface area is 167 Å². The van der Waals surface area contributed by atoms with Gasteiger partial charge in [0.2, 0.25) is 0 Å². The maximum absolute atomic E-state index is 12.8. The summed E-state index contributed by atoms with van der Waals surface area (Å²) in [4.78, 5) is 21.6. The molecule has 3 heterocycles. The molecule has 6 nitrogen and oxygen atoms in total. The Balaban J connectivity index is 1.49. The number of carbonyl (C=O) groups is 1. The Morgan fingerprint density at radius 2 is 1.72 bits per heavy atom. The molecule has 0 saturated carbocycles. The zero-order valence-electron chi connectivity index (χ0n) is 15.5. The Bertz CT molecular complexity index is 1210. The third-order valence-electron chi connectivity index (χ3n) is 4.85. The van der Waals surface area contributed by atoms with Crippen LogP contribution < -0.4 is 5.32 Å². The SMILES string of the molecule is O=C(Nc1ccncc1)c1cccc2c1N=C(c1ccnn1-c1ccccc1)C2. The highest BCUT2D eigenvalue weighted by atomic mass is 16.1. The molecule has 0 spiro atoms. The number of aliphatic imine (C=N–C) groups is 1. The van der Waals surface area contributed by atoms with Gasteiger partial charge in [0.1, 0.15) is 0 Å². The summed E-state index contributed by atoms with van der Waals surface area (Å²) in [5.41, 5.74) is 5.80. The summed E-state index contributed by atoms with van der Waals surface area (Å²) in [7, 11) is 0. The van der Waals surface area contributed by atoms with Gasteiger partial charge in [-0.3, -0.25) is 9.78 Å². The van der Waals surface area contributed by atoms with E-state index in [0.717, 1.165) is 28.3 Å². The molecule has 0 radical (unpaired) electrons. The second kappa shape index (κ2) is 7.16. The van der Waals surface area contributed by atoms with Crippen LogP contribution in [0.15, 0.2) is 90.3 Å². The molecule has 4 aromatic rings. The van der Waals surface area contributed by atoms with E-state index in [4.69, 9.17) is 4.99 Å². The number of aromatic nitrogens is 3. The number of pyridine rings is 1. The van der Waals surface area contributed by atoms with Gasteiger partial charge in [-0.1, -0.05) is 30.3 Å². The van der Waals surface area contributed by atoms with Gasteiger partial charge in [0.25, 0.3) is 5.91 Å². The summed E-state index contributed by atoms with van der Waals surface area (Å²) < 4.78 is 1.88. The quantitative estimate of drug-likeness (QED) is 0.578. The standard InChI is InChI=1S/C23H17N5O/c29-23(26-17-9-12-24-13-10-17)19-8-4-5-16-15-20(27-22(16)19)21-11-14-25-28(21)18-6-2-1-3-7-18/h1-14H,15H2,(H,24,26,29). The smallest absolute Gasteiger partial charge is 0.257 e. The molecule has 1 aliphatic rings. The topological polar surface area (TPSA) is 72.2 Å². The second-order valence-corrected chi connectivity index (χ2v) is 6.70. The van der Waals surface area contributed by atoms with Gasteiger partial charge < -0.3 is 5.32 Å². The number of fused-ring (bicyclic) bond motifs is 1. The first-order chi connectivity index (χ1) is 14.3. The Morgan fingerprint density at radius 1 is 0.897 bits per heavy atom. The molecule has 2 aromatic carbocycles. The van der Waals surface area contributed by atoms with Gasteiger partial charge in [0, 0.05) is 24.5 Å². The second-order valence-electron chi connectivity index (χ2n) is 6.70. The molecule has 0 unspecified atom stereocenters. The van der Waals surface area contributed by atoms with Crippen LogP contribution in [0.5, 0.6) is 0 Å². The molecular weight excluding hydrogens is 362 g/mol. The summed E-state index contributed by atoms with van der Waals surface area (Å²) in [5, 5.41) is 7.37. The summed E-state index contributed by atoms with van der Waals surface area (Å²) in [5.74, 6) is -0.186. The summed E-state index contributed by atoms with van der Waals surface area (Å²) in [6, 6.07) is 21.1. The average Bonchev–Trinajstić information content (AvgIpc) is 3.41. The first-order valence-electron chi connectivity index (χ1n) is 9.30. The molecule has 0 atom stereocenters. The van der Waals surface area contributed by atoms with Crippen LogP contribution in [0.4, 0.5) is 11.4 Å². The summed E-state index contributed by atoms with van der Waals surface area (Å²) in [6.45, 7) is 0. The number of rotatable bonds is 4. The molecule has 0 fully saturated rings. The lowest BCUT2D eigenvalue weighted by Gasteiger charge is -2.07. The highest BCUT2D eigenvalue weighted by Gasteiger charge is 2.24. The van der Waals surface area contributed by atoms with Crippen molar-refractivity contribution >= 4 is 23.0 Å². The fourth-order valence-electron chi connectivity index (χ4n) is 3.48. The van der Waals surface area contributed by atoms with Gasteiger partial charge in [0.05, 0.1) is 34.5 Å². The van der Waals surface area contributed by atoms with Crippen molar-refractivity contribution in [3.8, 4) is 5.69 Å². The van der Waals surface area contributed by atoms with E-state index in [1.54, 1.807) is 36.8 Å². The predicted molar refractivity (Wildman–Crippen MR) is 112 cm³/mol. The lowest BCUT2D eigenvalue weighted by molar-refractivity contribution is 0.102. The van der Waals surface area contributed by atoms with Gasteiger partial charge in [-0.2, -0.15) is 5.10 Å². The van der Waals surface area contributed by atoms with Crippen LogP contribution in [0, 0.1) is 0 Å². The number of hydrogen-bond acceptors (Lipinski definition) is 4. The molecule has 1 amide bonds. The number of nitrogens with zero attached hydrogens (tertiary/aromatic N) is 4. The molecule has 0 saturated heterocycles. The van der Waals surface area contributed by atoms with Crippen LogP contribution in [-0.4, -0.2) is 26.4 Å². The van der Waals surface area contributed by atoms with E-state index in [9.17, 15) is 4.79 Å². The third-order valence-corrected chi connectivity index (χ3v) is 4.85.